The van der Waals surface area contributed by atoms with Crippen LogP contribution in [0.4, 0.5) is 5.82 Å². The van der Waals surface area contributed by atoms with Crippen molar-refractivity contribution in [2.24, 2.45) is 0 Å². The van der Waals surface area contributed by atoms with Gasteiger partial charge in [0.05, 0.1) is 12.2 Å². The highest BCUT2D eigenvalue weighted by Crippen LogP contribution is 2.31. The van der Waals surface area contributed by atoms with Gasteiger partial charge in [-0.1, -0.05) is 6.07 Å². The first-order chi connectivity index (χ1) is 7.88. The molecule has 0 saturated carbocycles. The van der Waals surface area contributed by atoms with Crippen LogP contribution in [-0.2, 0) is 9.47 Å². The summed E-state index contributed by atoms with van der Waals surface area (Å²) in [4.78, 5) is 6.68. The number of rotatable bonds is 1. The minimum absolute atomic E-state index is 0.00865. The molecule has 0 amide bonds. The quantitative estimate of drug-likeness (QED) is 0.717. The van der Waals surface area contributed by atoms with Gasteiger partial charge in [-0.25, -0.2) is 4.98 Å². The van der Waals surface area contributed by atoms with E-state index >= 15 is 0 Å². The molecule has 0 aromatic carbocycles. The predicted octanol–water partition coefficient (Wildman–Crippen LogP) is 1.42. The van der Waals surface area contributed by atoms with Gasteiger partial charge in [0.1, 0.15) is 12.6 Å². The van der Waals surface area contributed by atoms with Gasteiger partial charge < -0.3 is 14.4 Å². The second-order valence-electron chi connectivity index (χ2n) is 4.47. The van der Waals surface area contributed by atoms with Crippen LogP contribution >= 0.6 is 0 Å². The van der Waals surface area contributed by atoms with Crippen molar-refractivity contribution in [3.05, 3.63) is 24.4 Å². The largest absolute Gasteiger partial charge is 0.356 e. The molecule has 0 aliphatic carbocycles. The number of aromatic nitrogens is 1. The summed E-state index contributed by atoms with van der Waals surface area (Å²) in [6.07, 6.45) is 3.90. The summed E-state index contributed by atoms with van der Waals surface area (Å²) in [6, 6.07) is 6.04. The van der Waals surface area contributed by atoms with Crippen LogP contribution in [0.1, 0.15) is 12.8 Å². The van der Waals surface area contributed by atoms with E-state index in [0.717, 1.165) is 38.4 Å². The van der Waals surface area contributed by atoms with Crippen LogP contribution in [0.3, 0.4) is 0 Å². The van der Waals surface area contributed by atoms with Crippen molar-refractivity contribution >= 4 is 5.82 Å². The van der Waals surface area contributed by atoms with Gasteiger partial charge in [0.15, 0.2) is 0 Å². The van der Waals surface area contributed by atoms with E-state index in [2.05, 4.69) is 16.0 Å². The Labute approximate surface area is 95.2 Å². The number of hydrogen-bond acceptors (Lipinski definition) is 4. The molecule has 86 valence electrons. The van der Waals surface area contributed by atoms with Crippen LogP contribution in [0, 0.1) is 0 Å². The van der Waals surface area contributed by atoms with E-state index in [0.29, 0.717) is 6.79 Å². The number of nitrogens with zero attached hydrogens (tertiary/aromatic N) is 2. The minimum atomic E-state index is -0.00865. The number of hydrogen-bond donors (Lipinski definition) is 0. The highest BCUT2D eigenvalue weighted by atomic mass is 16.7. The standard InChI is InChI=1S/C12H16N2O2/c1-2-6-13-11(3-1)14-7-4-12(5-8-14)9-15-10-16-12/h1-3,6H,4-5,7-10H2. The van der Waals surface area contributed by atoms with E-state index in [1.165, 1.54) is 0 Å². The molecule has 0 N–H and O–H groups in total. The van der Waals surface area contributed by atoms with Crippen molar-refractivity contribution in [2.75, 3.05) is 31.4 Å². The molecule has 3 rings (SSSR count). The van der Waals surface area contributed by atoms with E-state index in [-0.39, 0.29) is 5.60 Å². The molecule has 3 heterocycles. The lowest BCUT2D eigenvalue weighted by atomic mass is 9.92. The van der Waals surface area contributed by atoms with Crippen LogP contribution in [0.25, 0.3) is 0 Å². The van der Waals surface area contributed by atoms with Crippen LogP contribution < -0.4 is 4.90 Å². The maximum absolute atomic E-state index is 5.70. The molecule has 4 nitrogen and oxygen atoms in total. The maximum Gasteiger partial charge on any atom is 0.147 e. The van der Waals surface area contributed by atoms with Gasteiger partial charge in [-0.3, -0.25) is 0 Å². The molecule has 0 bridgehead atoms. The first-order valence-electron chi connectivity index (χ1n) is 5.76. The van der Waals surface area contributed by atoms with E-state index in [1.807, 2.05) is 18.3 Å². The van der Waals surface area contributed by atoms with Crippen LogP contribution in [0.2, 0.25) is 0 Å². The lowest BCUT2D eigenvalue weighted by Gasteiger charge is -2.37. The van der Waals surface area contributed by atoms with Crippen molar-refractivity contribution in [1.82, 2.24) is 4.98 Å². The Hall–Kier alpha value is -1.13. The molecule has 0 unspecified atom stereocenters. The van der Waals surface area contributed by atoms with Crippen molar-refractivity contribution in [1.29, 1.82) is 0 Å². The first-order valence-corrected chi connectivity index (χ1v) is 5.76. The summed E-state index contributed by atoms with van der Waals surface area (Å²) in [5.74, 6) is 1.07. The van der Waals surface area contributed by atoms with Crippen LogP contribution in [0.15, 0.2) is 24.4 Å². The summed E-state index contributed by atoms with van der Waals surface area (Å²) in [6.45, 7) is 3.22. The molecule has 4 heteroatoms. The molecule has 1 aromatic heterocycles. The molecule has 2 aliphatic rings. The number of anilines is 1. The second-order valence-corrected chi connectivity index (χ2v) is 4.47. The van der Waals surface area contributed by atoms with Gasteiger partial charge in [-0.15, -0.1) is 0 Å². The van der Waals surface area contributed by atoms with E-state index in [4.69, 9.17) is 9.47 Å². The maximum atomic E-state index is 5.70. The minimum Gasteiger partial charge on any atom is -0.356 e. The van der Waals surface area contributed by atoms with Gasteiger partial charge in [0, 0.05) is 19.3 Å². The Morgan fingerprint density at radius 3 is 2.75 bits per heavy atom. The molecule has 2 fully saturated rings. The third-order valence-corrected chi connectivity index (χ3v) is 3.46. The zero-order valence-corrected chi connectivity index (χ0v) is 9.26. The van der Waals surface area contributed by atoms with E-state index in [1.54, 1.807) is 0 Å². The summed E-state index contributed by atoms with van der Waals surface area (Å²) >= 11 is 0. The highest BCUT2D eigenvalue weighted by molar-refractivity contribution is 5.38. The van der Waals surface area contributed by atoms with Crippen molar-refractivity contribution in [3.8, 4) is 0 Å². The van der Waals surface area contributed by atoms with Crippen molar-refractivity contribution in [3.63, 3.8) is 0 Å². The fourth-order valence-electron chi connectivity index (χ4n) is 2.41. The Morgan fingerprint density at radius 1 is 1.25 bits per heavy atom. The smallest absolute Gasteiger partial charge is 0.147 e. The second kappa shape index (κ2) is 4.03. The Kier molecular flexibility index (Phi) is 2.53. The van der Waals surface area contributed by atoms with Crippen molar-refractivity contribution in [2.45, 2.75) is 18.4 Å². The SMILES string of the molecule is c1ccc(N2CCC3(CC2)COCO3)nc1. The Balaban J connectivity index is 1.66. The molecule has 2 saturated heterocycles. The Morgan fingerprint density at radius 2 is 2.12 bits per heavy atom. The molecule has 1 spiro atoms. The van der Waals surface area contributed by atoms with Crippen LogP contribution in [0.5, 0.6) is 0 Å². The average Bonchev–Trinajstić information content (AvgIpc) is 2.80. The summed E-state index contributed by atoms with van der Waals surface area (Å²) < 4.78 is 11.0. The molecular weight excluding hydrogens is 204 g/mol. The topological polar surface area (TPSA) is 34.6 Å². The zero-order chi connectivity index (χ0) is 10.8. The fraction of sp³-hybridized carbons (Fsp3) is 0.583. The number of pyridine rings is 1. The number of ether oxygens (including phenoxy) is 2. The summed E-state index contributed by atoms with van der Waals surface area (Å²) in [5, 5.41) is 0. The van der Waals surface area contributed by atoms with Crippen LogP contribution in [-0.4, -0.2) is 37.1 Å². The first kappa shape index (κ1) is 10.1. The fourth-order valence-corrected chi connectivity index (χ4v) is 2.41. The summed E-state index contributed by atoms with van der Waals surface area (Å²) in [7, 11) is 0. The summed E-state index contributed by atoms with van der Waals surface area (Å²) in [5.41, 5.74) is -0.00865. The monoisotopic (exact) mass is 220 g/mol. The van der Waals surface area contributed by atoms with Gasteiger partial charge in [0.2, 0.25) is 0 Å². The molecule has 16 heavy (non-hydrogen) atoms. The lowest BCUT2D eigenvalue weighted by Crippen LogP contribution is -2.46. The Bertz CT molecular complexity index is 339. The molecular formula is C12H16N2O2. The third-order valence-electron chi connectivity index (χ3n) is 3.46. The molecule has 2 aliphatic heterocycles. The van der Waals surface area contributed by atoms with Gasteiger partial charge in [-0.05, 0) is 25.0 Å². The predicted molar refractivity (Wildman–Crippen MR) is 60.3 cm³/mol. The third kappa shape index (κ3) is 1.79. The lowest BCUT2D eigenvalue weighted by molar-refractivity contribution is -0.0220. The van der Waals surface area contributed by atoms with E-state index in [9.17, 15) is 0 Å². The number of piperidine rings is 1. The highest BCUT2D eigenvalue weighted by Gasteiger charge is 2.39. The average molecular weight is 220 g/mol. The van der Waals surface area contributed by atoms with Gasteiger partial charge in [0.25, 0.3) is 0 Å². The zero-order valence-electron chi connectivity index (χ0n) is 9.26. The molecule has 0 radical (unpaired) electrons. The molecule has 0 atom stereocenters. The van der Waals surface area contributed by atoms with Crippen molar-refractivity contribution < 1.29 is 9.47 Å². The molecule has 1 aromatic rings. The van der Waals surface area contributed by atoms with Gasteiger partial charge in [-0.2, -0.15) is 0 Å². The normalized spacial score (nSPS) is 23.9. The van der Waals surface area contributed by atoms with E-state index < -0.39 is 0 Å². The van der Waals surface area contributed by atoms with Gasteiger partial charge >= 0.3 is 0 Å².